The Labute approximate surface area is 156 Å². The Morgan fingerprint density at radius 3 is 2.74 bits per heavy atom. The molecule has 2 heterocycles. The number of benzene rings is 1. The number of nitrogens with zero attached hydrogens (tertiary/aromatic N) is 4. The zero-order valence-corrected chi connectivity index (χ0v) is 15.8. The Balaban J connectivity index is 2.14. The van der Waals surface area contributed by atoms with Crippen molar-refractivity contribution in [1.82, 2.24) is 14.3 Å². The van der Waals surface area contributed by atoms with Crippen LogP contribution in [-0.2, 0) is 11.8 Å². The molecule has 2 aromatic heterocycles. The van der Waals surface area contributed by atoms with Crippen LogP contribution in [0.25, 0.3) is 10.9 Å². The van der Waals surface area contributed by atoms with Crippen molar-refractivity contribution in [1.29, 1.82) is 5.26 Å². The first-order valence-electron chi connectivity index (χ1n) is 8.73. The van der Waals surface area contributed by atoms with Gasteiger partial charge in [-0.3, -0.25) is 18.8 Å². The molecule has 7 nitrogen and oxygen atoms in total. The monoisotopic (exact) mass is 363 g/mol. The minimum atomic E-state index is -0.705. The molecule has 1 unspecified atom stereocenters. The Morgan fingerprint density at radius 2 is 2.07 bits per heavy atom. The van der Waals surface area contributed by atoms with Gasteiger partial charge in [0.15, 0.2) is 0 Å². The molecule has 7 heteroatoms. The standard InChI is InChI=1S/C20H21N5O2/c1-5-16(20(27)23-19-14(10-21)11-22-24(19)4)25-17(26)9-13(3)15-8-6-7-12(2)18(15)25/h6-9,11,16H,5H2,1-4H3,(H,23,27). The zero-order valence-electron chi connectivity index (χ0n) is 15.8. The SMILES string of the molecule is CCC(C(=O)Nc1c(C#N)cnn1C)n1c(=O)cc(C)c2cccc(C)c21. The molecule has 0 aliphatic carbocycles. The molecule has 0 saturated carbocycles. The number of pyridine rings is 1. The summed E-state index contributed by atoms with van der Waals surface area (Å²) in [4.78, 5) is 25.8. The number of anilines is 1. The maximum Gasteiger partial charge on any atom is 0.252 e. The van der Waals surface area contributed by atoms with Crippen molar-refractivity contribution in [2.45, 2.75) is 33.2 Å². The Kier molecular flexibility index (Phi) is 4.82. The number of nitriles is 1. The normalized spacial score (nSPS) is 12.0. The van der Waals surface area contributed by atoms with E-state index in [-0.39, 0.29) is 17.0 Å². The van der Waals surface area contributed by atoms with Crippen LogP contribution >= 0.6 is 0 Å². The van der Waals surface area contributed by atoms with Crippen LogP contribution in [0.3, 0.4) is 0 Å². The van der Waals surface area contributed by atoms with Crippen LogP contribution in [0.2, 0.25) is 0 Å². The largest absolute Gasteiger partial charge is 0.308 e. The van der Waals surface area contributed by atoms with E-state index >= 15 is 0 Å². The first kappa shape index (κ1) is 18.4. The van der Waals surface area contributed by atoms with E-state index < -0.39 is 6.04 Å². The lowest BCUT2D eigenvalue weighted by molar-refractivity contribution is -0.119. The number of hydrogen-bond acceptors (Lipinski definition) is 4. The highest BCUT2D eigenvalue weighted by Crippen LogP contribution is 2.25. The van der Waals surface area contributed by atoms with Crippen molar-refractivity contribution >= 4 is 22.6 Å². The first-order valence-corrected chi connectivity index (χ1v) is 8.73. The lowest BCUT2D eigenvalue weighted by atomic mass is 10.0. The number of aromatic nitrogens is 3. The minimum Gasteiger partial charge on any atom is -0.308 e. The molecular formula is C20H21N5O2. The third kappa shape index (κ3) is 3.10. The Morgan fingerprint density at radius 1 is 1.33 bits per heavy atom. The summed E-state index contributed by atoms with van der Waals surface area (Å²) in [5.41, 5.74) is 2.62. The number of para-hydroxylation sites is 1. The second-order valence-electron chi connectivity index (χ2n) is 6.56. The van der Waals surface area contributed by atoms with Gasteiger partial charge in [-0.2, -0.15) is 10.4 Å². The second kappa shape index (κ2) is 7.08. The van der Waals surface area contributed by atoms with E-state index in [4.69, 9.17) is 0 Å². The average molecular weight is 363 g/mol. The minimum absolute atomic E-state index is 0.221. The molecule has 0 saturated heterocycles. The molecule has 0 bridgehead atoms. The molecular weight excluding hydrogens is 342 g/mol. The number of carbonyl (C=O) groups excluding carboxylic acids is 1. The maximum atomic E-state index is 13.0. The number of nitrogens with one attached hydrogen (secondary N) is 1. The highest BCUT2D eigenvalue weighted by molar-refractivity contribution is 5.95. The highest BCUT2D eigenvalue weighted by atomic mass is 16.2. The van der Waals surface area contributed by atoms with Gasteiger partial charge in [-0.15, -0.1) is 0 Å². The lowest BCUT2D eigenvalue weighted by Crippen LogP contribution is -2.34. The average Bonchev–Trinajstić information content (AvgIpc) is 2.98. The zero-order chi connectivity index (χ0) is 19.7. The van der Waals surface area contributed by atoms with Crippen molar-refractivity contribution in [2.24, 2.45) is 7.05 Å². The van der Waals surface area contributed by atoms with E-state index in [0.29, 0.717) is 12.2 Å². The van der Waals surface area contributed by atoms with Crippen LogP contribution in [0.5, 0.6) is 0 Å². The van der Waals surface area contributed by atoms with Gasteiger partial charge in [0.2, 0.25) is 5.91 Å². The van der Waals surface area contributed by atoms with Gasteiger partial charge in [-0.05, 0) is 31.4 Å². The van der Waals surface area contributed by atoms with Crippen LogP contribution in [-0.4, -0.2) is 20.3 Å². The lowest BCUT2D eigenvalue weighted by Gasteiger charge is -2.22. The molecule has 1 atom stereocenters. The first-order chi connectivity index (χ1) is 12.9. The molecule has 0 radical (unpaired) electrons. The van der Waals surface area contributed by atoms with Crippen molar-refractivity contribution in [3.05, 3.63) is 57.5 Å². The maximum absolute atomic E-state index is 13.0. The fraction of sp³-hybridized carbons (Fsp3) is 0.300. The summed E-state index contributed by atoms with van der Waals surface area (Å²) < 4.78 is 2.99. The fourth-order valence-corrected chi connectivity index (χ4v) is 3.40. The third-order valence-corrected chi connectivity index (χ3v) is 4.78. The predicted octanol–water partition coefficient (Wildman–Crippen LogP) is 2.81. The van der Waals surface area contributed by atoms with Gasteiger partial charge in [0.1, 0.15) is 23.5 Å². The van der Waals surface area contributed by atoms with Gasteiger partial charge in [0.25, 0.3) is 5.56 Å². The van der Waals surface area contributed by atoms with Gasteiger partial charge >= 0.3 is 0 Å². The molecule has 0 fully saturated rings. The van der Waals surface area contributed by atoms with E-state index in [1.807, 2.05) is 45.0 Å². The van der Waals surface area contributed by atoms with Crippen LogP contribution in [0.15, 0.2) is 35.3 Å². The summed E-state index contributed by atoms with van der Waals surface area (Å²) in [6.07, 6.45) is 1.83. The van der Waals surface area contributed by atoms with Gasteiger partial charge in [0.05, 0.1) is 11.7 Å². The van der Waals surface area contributed by atoms with Crippen molar-refractivity contribution in [3.8, 4) is 6.07 Å². The summed E-state index contributed by atoms with van der Waals surface area (Å²) in [7, 11) is 1.65. The molecule has 1 aromatic carbocycles. The molecule has 0 spiro atoms. The topological polar surface area (TPSA) is 92.7 Å². The van der Waals surface area contributed by atoms with Gasteiger partial charge in [0, 0.05) is 18.5 Å². The number of aryl methyl sites for hydroxylation is 3. The van der Waals surface area contributed by atoms with E-state index in [9.17, 15) is 14.9 Å². The summed E-state index contributed by atoms with van der Waals surface area (Å²) >= 11 is 0. The molecule has 1 amide bonds. The smallest absolute Gasteiger partial charge is 0.252 e. The number of amides is 1. The summed E-state index contributed by atoms with van der Waals surface area (Å²) in [5, 5.41) is 16.9. The van der Waals surface area contributed by atoms with Crippen molar-refractivity contribution < 1.29 is 4.79 Å². The number of carbonyl (C=O) groups is 1. The summed E-state index contributed by atoms with van der Waals surface area (Å²) in [6, 6.07) is 8.68. The highest BCUT2D eigenvalue weighted by Gasteiger charge is 2.24. The predicted molar refractivity (Wildman–Crippen MR) is 104 cm³/mol. The molecule has 3 aromatic rings. The molecule has 0 aliphatic rings. The molecule has 1 N–H and O–H groups in total. The van der Waals surface area contributed by atoms with E-state index in [0.717, 1.165) is 22.0 Å². The molecule has 0 aliphatic heterocycles. The van der Waals surface area contributed by atoms with Crippen LogP contribution in [0.1, 0.15) is 36.1 Å². The number of hydrogen-bond donors (Lipinski definition) is 1. The third-order valence-electron chi connectivity index (χ3n) is 4.78. The second-order valence-corrected chi connectivity index (χ2v) is 6.56. The molecule has 27 heavy (non-hydrogen) atoms. The molecule has 138 valence electrons. The summed E-state index contributed by atoms with van der Waals surface area (Å²) in [6.45, 7) is 5.68. The number of rotatable bonds is 4. The fourth-order valence-electron chi connectivity index (χ4n) is 3.40. The molecule has 3 rings (SSSR count). The Bertz CT molecular complexity index is 1130. The number of fused-ring (bicyclic) bond motifs is 1. The Hall–Kier alpha value is -3.40. The van der Waals surface area contributed by atoms with E-state index in [1.54, 1.807) is 17.7 Å². The van der Waals surface area contributed by atoms with E-state index in [2.05, 4.69) is 10.4 Å². The van der Waals surface area contributed by atoms with E-state index in [1.165, 1.54) is 10.9 Å². The van der Waals surface area contributed by atoms with Crippen LogP contribution in [0.4, 0.5) is 5.82 Å². The van der Waals surface area contributed by atoms with Crippen molar-refractivity contribution in [3.63, 3.8) is 0 Å². The van der Waals surface area contributed by atoms with Crippen LogP contribution < -0.4 is 10.9 Å². The van der Waals surface area contributed by atoms with Crippen molar-refractivity contribution in [2.75, 3.05) is 5.32 Å². The quantitative estimate of drug-likeness (QED) is 0.771. The summed E-state index contributed by atoms with van der Waals surface area (Å²) in [5.74, 6) is -0.0322. The van der Waals surface area contributed by atoms with Gasteiger partial charge < -0.3 is 5.32 Å². The van der Waals surface area contributed by atoms with Gasteiger partial charge in [-0.25, -0.2) is 0 Å². The van der Waals surface area contributed by atoms with Crippen LogP contribution in [0, 0.1) is 25.2 Å². The van der Waals surface area contributed by atoms with Gasteiger partial charge in [-0.1, -0.05) is 25.1 Å².